The molecule has 1 nitrogen and oxygen atoms in total. The number of hydrogen-bond acceptors (Lipinski definition) is 1. The van der Waals surface area contributed by atoms with Crippen LogP contribution in [0.3, 0.4) is 0 Å². The molecule has 1 aromatic carbocycles. The van der Waals surface area contributed by atoms with Crippen molar-refractivity contribution >= 4 is 24.2 Å². The molecule has 0 saturated carbocycles. The molecule has 0 fully saturated rings. The Labute approximate surface area is 115 Å². The van der Waals surface area contributed by atoms with E-state index in [-0.39, 0.29) is 5.04 Å². The summed E-state index contributed by atoms with van der Waals surface area (Å²) in [6.07, 6.45) is 0. The summed E-state index contributed by atoms with van der Waals surface area (Å²) >= 11 is 3.45. The van der Waals surface area contributed by atoms with Gasteiger partial charge in [0.1, 0.15) is 0 Å². The molecule has 0 bridgehead atoms. The molecule has 0 aliphatic carbocycles. The average Bonchev–Trinajstić information content (AvgIpc) is 2.25. The standard InChI is InChI=1S/C14H23BrOSi/c1-14(2,3)17(4,5)16-11-13-8-6-12(10-15)7-9-13/h6-9H,10-11H2,1-5H3. The van der Waals surface area contributed by atoms with Gasteiger partial charge in [0, 0.05) is 5.33 Å². The van der Waals surface area contributed by atoms with Crippen molar-refractivity contribution in [3.05, 3.63) is 35.4 Å². The number of rotatable bonds is 4. The van der Waals surface area contributed by atoms with Gasteiger partial charge in [-0.25, -0.2) is 0 Å². The molecular formula is C14H23BrOSi. The summed E-state index contributed by atoms with van der Waals surface area (Å²) in [7, 11) is -1.62. The highest BCUT2D eigenvalue weighted by Crippen LogP contribution is 2.37. The van der Waals surface area contributed by atoms with Crippen molar-refractivity contribution in [3.8, 4) is 0 Å². The number of halogens is 1. The molecule has 0 saturated heterocycles. The van der Waals surface area contributed by atoms with E-state index in [0.29, 0.717) is 0 Å². The zero-order valence-corrected chi connectivity index (χ0v) is 14.1. The van der Waals surface area contributed by atoms with Gasteiger partial charge in [-0.05, 0) is 29.3 Å². The third-order valence-corrected chi connectivity index (χ3v) is 8.71. The van der Waals surface area contributed by atoms with Crippen LogP contribution in [0, 0.1) is 0 Å². The van der Waals surface area contributed by atoms with Gasteiger partial charge in [0.25, 0.3) is 0 Å². The fraction of sp³-hybridized carbons (Fsp3) is 0.571. The molecule has 0 aromatic heterocycles. The first-order valence-electron chi connectivity index (χ1n) is 6.04. The van der Waals surface area contributed by atoms with Gasteiger partial charge >= 0.3 is 0 Å². The summed E-state index contributed by atoms with van der Waals surface area (Å²) in [5.74, 6) is 0. The van der Waals surface area contributed by atoms with Gasteiger partial charge in [-0.15, -0.1) is 0 Å². The van der Waals surface area contributed by atoms with Crippen LogP contribution in [0.2, 0.25) is 18.1 Å². The minimum Gasteiger partial charge on any atom is -0.413 e. The van der Waals surface area contributed by atoms with Crippen LogP contribution < -0.4 is 0 Å². The maximum Gasteiger partial charge on any atom is 0.192 e. The van der Waals surface area contributed by atoms with Crippen LogP contribution in [0.15, 0.2) is 24.3 Å². The predicted octanol–water partition coefficient (Wildman–Crippen LogP) is 5.10. The first-order chi connectivity index (χ1) is 7.76. The highest BCUT2D eigenvalue weighted by molar-refractivity contribution is 9.08. The highest BCUT2D eigenvalue weighted by atomic mass is 79.9. The quantitative estimate of drug-likeness (QED) is 0.554. The fourth-order valence-electron chi connectivity index (χ4n) is 1.20. The molecule has 0 unspecified atom stereocenters. The lowest BCUT2D eigenvalue weighted by atomic mass is 10.2. The smallest absolute Gasteiger partial charge is 0.192 e. The molecule has 0 aliphatic rings. The summed E-state index contributed by atoms with van der Waals surface area (Å²) in [5, 5.41) is 1.19. The molecule has 0 aliphatic heterocycles. The first kappa shape index (κ1) is 14.9. The zero-order valence-electron chi connectivity index (χ0n) is 11.5. The Balaban J connectivity index is 2.61. The molecule has 0 amide bonds. The third kappa shape index (κ3) is 4.23. The molecule has 3 heteroatoms. The van der Waals surface area contributed by atoms with Gasteiger partial charge in [0.15, 0.2) is 8.32 Å². The molecule has 0 N–H and O–H groups in total. The van der Waals surface area contributed by atoms with E-state index in [1.807, 2.05) is 0 Å². The van der Waals surface area contributed by atoms with Crippen molar-refractivity contribution in [2.75, 3.05) is 0 Å². The number of benzene rings is 1. The van der Waals surface area contributed by atoms with E-state index in [4.69, 9.17) is 4.43 Å². The summed E-state index contributed by atoms with van der Waals surface area (Å²) in [6, 6.07) is 8.62. The second-order valence-electron chi connectivity index (χ2n) is 6.00. The van der Waals surface area contributed by atoms with Gasteiger partial charge in [0.05, 0.1) is 6.61 Å². The normalized spacial score (nSPS) is 12.8. The summed E-state index contributed by atoms with van der Waals surface area (Å²) in [5.41, 5.74) is 2.57. The molecule has 1 aromatic rings. The Bertz CT molecular complexity index is 351. The summed E-state index contributed by atoms with van der Waals surface area (Å²) in [6.45, 7) is 12.1. The maximum absolute atomic E-state index is 6.18. The molecule has 0 spiro atoms. The lowest BCUT2D eigenvalue weighted by molar-refractivity contribution is 0.276. The number of alkyl halides is 1. The van der Waals surface area contributed by atoms with Crippen molar-refractivity contribution in [1.29, 1.82) is 0 Å². The van der Waals surface area contributed by atoms with E-state index in [2.05, 4.69) is 74.1 Å². The molecular weight excluding hydrogens is 292 g/mol. The monoisotopic (exact) mass is 314 g/mol. The maximum atomic E-state index is 6.18. The van der Waals surface area contributed by atoms with E-state index >= 15 is 0 Å². The van der Waals surface area contributed by atoms with Crippen molar-refractivity contribution in [3.63, 3.8) is 0 Å². The van der Waals surface area contributed by atoms with E-state index < -0.39 is 8.32 Å². The minimum atomic E-state index is -1.62. The van der Waals surface area contributed by atoms with Crippen molar-refractivity contribution in [1.82, 2.24) is 0 Å². The Morgan fingerprint density at radius 3 is 1.94 bits per heavy atom. The Kier molecular flexibility index (Phi) is 4.99. The largest absolute Gasteiger partial charge is 0.413 e. The lowest BCUT2D eigenvalue weighted by Crippen LogP contribution is -2.40. The van der Waals surface area contributed by atoms with Gasteiger partial charge < -0.3 is 4.43 Å². The van der Waals surface area contributed by atoms with Crippen molar-refractivity contribution in [2.24, 2.45) is 0 Å². The van der Waals surface area contributed by atoms with Crippen molar-refractivity contribution in [2.45, 2.75) is 50.8 Å². The number of hydrogen-bond donors (Lipinski definition) is 0. The van der Waals surface area contributed by atoms with Crippen LogP contribution in [0.1, 0.15) is 31.9 Å². The summed E-state index contributed by atoms with van der Waals surface area (Å²) < 4.78 is 6.18. The highest BCUT2D eigenvalue weighted by Gasteiger charge is 2.36. The predicted molar refractivity (Wildman–Crippen MR) is 81.1 cm³/mol. The van der Waals surface area contributed by atoms with Gasteiger partial charge in [-0.3, -0.25) is 0 Å². The van der Waals surface area contributed by atoms with Crippen LogP contribution in [-0.2, 0) is 16.4 Å². The fourth-order valence-corrected chi connectivity index (χ4v) is 2.54. The van der Waals surface area contributed by atoms with Gasteiger partial charge in [0.2, 0.25) is 0 Å². The van der Waals surface area contributed by atoms with Crippen LogP contribution in [0.25, 0.3) is 0 Å². The molecule has 0 radical (unpaired) electrons. The molecule has 1 rings (SSSR count). The molecule has 0 atom stereocenters. The molecule has 17 heavy (non-hydrogen) atoms. The average molecular weight is 315 g/mol. The van der Waals surface area contributed by atoms with E-state index in [0.717, 1.165) is 11.9 Å². The Morgan fingerprint density at radius 1 is 1.06 bits per heavy atom. The van der Waals surface area contributed by atoms with Crippen LogP contribution >= 0.6 is 15.9 Å². The second kappa shape index (κ2) is 5.68. The third-order valence-electron chi connectivity index (χ3n) is 3.58. The summed E-state index contributed by atoms with van der Waals surface area (Å²) in [4.78, 5) is 0. The van der Waals surface area contributed by atoms with E-state index in [1.54, 1.807) is 0 Å². The van der Waals surface area contributed by atoms with Gasteiger partial charge in [-0.1, -0.05) is 61.0 Å². The SMILES string of the molecule is CC(C)(C)[Si](C)(C)OCc1ccc(CBr)cc1. The van der Waals surface area contributed by atoms with E-state index in [9.17, 15) is 0 Å². The van der Waals surface area contributed by atoms with Gasteiger partial charge in [-0.2, -0.15) is 0 Å². The Morgan fingerprint density at radius 2 is 1.53 bits per heavy atom. The minimum absolute atomic E-state index is 0.281. The topological polar surface area (TPSA) is 9.23 Å². The van der Waals surface area contributed by atoms with Crippen molar-refractivity contribution < 1.29 is 4.43 Å². The van der Waals surface area contributed by atoms with E-state index in [1.165, 1.54) is 11.1 Å². The lowest BCUT2D eigenvalue weighted by Gasteiger charge is -2.36. The zero-order chi connectivity index (χ0) is 13.1. The second-order valence-corrected chi connectivity index (χ2v) is 11.4. The van der Waals surface area contributed by atoms with Crippen LogP contribution in [-0.4, -0.2) is 8.32 Å². The van der Waals surface area contributed by atoms with Crippen LogP contribution in [0.4, 0.5) is 0 Å². The molecule has 0 heterocycles. The Hall–Kier alpha value is -0.123. The van der Waals surface area contributed by atoms with Crippen LogP contribution in [0.5, 0.6) is 0 Å². The molecule has 96 valence electrons. The first-order valence-corrected chi connectivity index (χ1v) is 10.1.